The van der Waals surface area contributed by atoms with Crippen LogP contribution in [0.2, 0.25) is 0 Å². The minimum atomic E-state index is -2.96. The first-order valence-corrected chi connectivity index (χ1v) is 8.37. The molecular weight excluding hydrogens is 278 g/mol. The monoisotopic (exact) mass is 297 g/mol. The van der Waals surface area contributed by atoms with Crippen molar-refractivity contribution in [3.63, 3.8) is 0 Å². The number of alkyl halides is 1. The van der Waals surface area contributed by atoms with Gasteiger partial charge in [0.25, 0.3) is 0 Å². The normalized spacial score (nSPS) is 20.7. The number of sulfonamides is 1. The largest absolute Gasteiger partial charge is 0.214 e. The maximum absolute atomic E-state index is 11.9. The van der Waals surface area contributed by atoms with Crippen molar-refractivity contribution in [3.05, 3.63) is 0 Å². The van der Waals surface area contributed by atoms with Gasteiger partial charge in [-0.3, -0.25) is 0 Å². The Morgan fingerprint density at radius 1 is 1.33 bits per heavy atom. The summed E-state index contributed by atoms with van der Waals surface area (Å²) >= 11 is 3.46. The third-order valence-electron chi connectivity index (χ3n) is 2.94. The molecule has 0 aromatic carbocycles. The first-order chi connectivity index (χ1) is 7.10. The number of nitrogens with zero attached hydrogens (tertiary/aromatic N) is 1. The van der Waals surface area contributed by atoms with Crippen LogP contribution in [0.5, 0.6) is 0 Å². The summed E-state index contributed by atoms with van der Waals surface area (Å²) in [5, 5.41) is 0.996. The molecule has 0 aliphatic carbocycles. The van der Waals surface area contributed by atoms with Crippen molar-refractivity contribution in [3.8, 4) is 0 Å². The van der Waals surface area contributed by atoms with Gasteiger partial charge < -0.3 is 0 Å². The fraction of sp³-hybridized carbons (Fsp3) is 1.00. The van der Waals surface area contributed by atoms with Crippen LogP contribution in [-0.4, -0.2) is 36.9 Å². The smallest absolute Gasteiger partial charge is 0.212 e. The fourth-order valence-electron chi connectivity index (χ4n) is 1.80. The van der Waals surface area contributed by atoms with Crippen molar-refractivity contribution in [1.29, 1.82) is 0 Å². The Morgan fingerprint density at radius 3 is 2.40 bits per heavy atom. The molecule has 0 atom stereocenters. The van der Waals surface area contributed by atoms with Crippen LogP contribution in [0.15, 0.2) is 0 Å². The molecule has 0 bridgehead atoms. The number of hydrogen-bond acceptors (Lipinski definition) is 2. The Bertz CT molecular complexity index is 271. The molecule has 5 heteroatoms. The molecule has 15 heavy (non-hydrogen) atoms. The molecule has 0 N–H and O–H groups in total. The number of halogens is 1. The van der Waals surface area contributed by atoms with Crippen LogP contribution in [0.3, 0.4) is 0 Å². The Morgan fingerprint density at radius 2 is 1.93 bits per heavy atom. The molecule has 1 heterocycles. The van der Waals surface area contributed by atoms with E-state index >= 15 is 0 Å². The number of rotatable bonds is 5. The van der Waals surface area contributed by atoms with E-state index in [4.69, 9.17) is 0 Å². The highest BCUT2D eigenvalue weighted by Gasteiger charge is 2.26. The standard InChI is InChI=1S/C10H20BrNO2S/c1-2-3-8-15(13,14)12-6-4-10(9-11)5-7-12/h10H,2-9H2,1H3. The van der Waals surface area contributed by atoms with Crippen LogP contribution in [0.4, 0.5) is 0 Å². The SMILES string of the molecule is CCCCS(=O)(=O)N1CCC(CBr)CC1. The zero-order chi connectivity index (χ0) is 11.3. The Labute approximate surface area is 101 Å². The van der Waals surface area contributed by atoms with Gasteiger partial charge in [-0.15, -0.1) is 0 Å². The summed E-state index contributed by atoms with van der Waals surface area (Å²) in [5.41, 5.74) is 0. The summed E-state index contributed by atoms with van der Waals surface area (Å²) in [7, 11) is -2.96. The minimum absolute atomic E-state index is 0.322. The second-order valence-corrected chi connectivity index (χ2v) is 6.90. The highest BCUT2D eigenvalue weighted by molar-refractivity contribution is 9.09. The summed E-state index contributed by atoms with van der Waals surface area (Å²) in [6.07, 6.45) is 3.71. The summed E-state index contributed by atoms with van der Waals surface area (Å²) in [5.74, 6) is 0.977. The third-order valence-corrected chi connectivity index (χ3v) is 5.81. The van der Waals surface area contributed by atoms with Crippen molar-refractivity contribution in [2.45, 2.75) is 32.6 Å². The van der Waals surface area contributed by atoms with Crippen LogP contribution < -0.4 is 0 Å². The van der Waals surface area contributed by atoms with Crippen molar-refractivity contribution in [2.24, 2.45) is 5.92 Å². The average Bonchev–Trinajstić information content (AvgIpc) is 2.26. The fourth-order valence-corrected chi connectivity index (χ4v) is 4.12. The Balaban J connectivity index is 2.45. The van der Waals surface area contributed by atoms with Gasteiger partial charge >= 0.3 is 0 Å². The van der Waals surface area contributed by atoms with E-state index < -0.39 is 10.0 Å². The molecule has 1 rings (SSSR count). The lowest BCUT2D eigenvalue weighted by Gasteiger charge is -2.30. The maximum atomic E-state index is 11.9. The van der Waals surface area contributed by atoms with Gasteiger partial charge in [0.05, 0.1) is 5.75 Å². The van der Waals surface area contributed by atoms with Crippen molar-refractivity contribution < 1.29 is 8.42 Å². The van der Waals surface area contributed by atoms with E-state index in [9.17, 15) is 8.42 Å². The molecular formula is C10H20BrNO2S. The molecule has 0 spiro atoms. The second kappa shape index (κ2) is 6.21. The van der Waals surface area contributed by atoms with Gasteiger partial charge in [-0.05, 0) is 25.2 Å². The molecule has 0 aromatic heterocycles. The molecule has 0 unspecified atom stereocenters. The van der Waals surface area contributed by atoms with E-state index in [1.165, 1.54) is 0 Å². The summed E-state index contributed by atoms with van der Waals surface area (Å²) in [6.45, 7) is 3.44. The van der Waals surface area contributed by atoms with Crippen molar-refractivity contribution in [2.75, 3.05) is 24.2 Å². The van der Waals surface area contributed by atoms with Gasteiger partial charge in [-0.25, -0.2) is 12.7 Å². The number of unbranched alkanes of at least 4 members (excludes halogenated alkanes) is 1. The predicted octanol–water partition coefficient (Wildman–Crippen LogP) is 2.22. The average molecular weight is 298 g/mol. The zero-order valence-electron chi connectivity index (χ0n) is 9.28. The minimum Gasteiger partial charge on any atom is -0.212 e. The van der Waals surface area contributed by atoms with Crippen LogP contribution >= 0.6 is 15.9 Å². The Kier molecular flexibility index (Phi) is 5.57. The lowest BCUT2D eigenvalue weighted by atomic mass is 10.0. The van der Waals surface area contributed by atoms with E-state index in [0.29, 0.717) is 24.8 Å². The van der Waals surface area contributed by atoms with E-state index in [-0.39, 0.29) is 0 Å². The molecule has 1 aliphatic rings. The molecule has 0 saturated carbocycles. The van der Waals surface area contributed by atoms with Gasteiger partial charge in [-0.2, -0.15) is 0 Å². The molecule has 1 aliphatic heterocycles. The second-order valence-electron chi connectivity index (χ2n) is 4.17. The molecule has 0 amide bonds. The van der Waals surface area contributed by atoms with Gasteiger partial charge in [0, 0.05) is 18.4 Å². The van der Waals surface area contributed by atoms with Crippen molar-refractivity contribution in [1.82, 2.24) is 4.31 Å². The zero-order valence-corrected chi connectivity index (χ0v) is 11.7. The van der Waals surface area contributed by atoms with Gasteiger partial charge in [0.2, 0.25) is 10.0 Å². The van der Waals surface area contributed by atoms with Crippen LogP contribution in [0.1, 0.15) is 32.6 Å². The first kappa shape index (κ1) is 13.5. The van der Waals surface area contributed by atoms with Gasteiger partial charge in [-0.1, -0.05) is 29.3 Å². The quantitative estimate of drug-likeness (QED) is 0.730. The van der Waals surface area contributed by atoms with Gasteiger partial charge in [0.15, 0.2) is 0 Å². The van der Waals surface area contributed by atoms with Crippen molar-refractivity contribution >= 4 is 26.0 Å². The summed E-state index contributed by atoms with van der Waals surface area (Å²) < 4.78 is 25.4. The van der Waals surface area contributed by atoms with E-state index in [2.05, 4.69) is 15.9 Å². The molecule has 0 radical (unpaired) electrons. The highest BCUT2D eigenvalue weighted by atomic mass is 79.9. The topological polar surface area (TPSA) is 37.4 Å². The maximum Gasteiger partial charge on any atom is 0.214 e. The molecule has 0 aromatic rings. The van der Waals surface area contributed by atoms with E-state index in [1.807, 2.05) is 6.92 Å². The van der Waals surface area contributed by atoms with Crippen LogP contribution in [0.25, 0.3) is 0 Å². The van der Waals surface area contributed by atoms with Crippen LogP contribution in [0, 0.1) is 5.92 Å². The predicted molar refractivity (Wildman–Crippen MR) is 66.8 cm³/mol. The lowest BCUT2D eigenvalue weighted by molar-refractivity contribution is 0.291. The molecule has 3 nitrogen and oxygen atoms in total. The third kappa shape index (κ3) is 4.04. The molecule has 90 valence electrons. The summed E-state index contributed by atoms with van der Waals surface area (Å²) in [4.78, 5) is 0. The molecule has 1 fully saturated rings. The molecule has 1 saturated heterocycles. The Hall–Kier alpha value is 0.390. The van der Waals surface area contributed by atoms with Gasteiger partial charge in [0.1, 0.15) is 0 Å². The van der Waals surface area contributed by atoms with E-state index in [1.54, 1.807) is 4.31 Å². The highest BCUT2D eigenvalue weighted by Crippen LogP contribution is 2.21. The lowest BCUT2D eigenvalue weighted by Crippen LogP contribution is -2.40. The number of hydrogen-bond donors (Lipinski definition) is 0. The first-order valence-electron chi connectivity index (χ1n) is 5.64. The van der Waals surface area contributed by atoms with Crippen LogP contribution in [-0.2, 0) is 10.0 Å². The van der Waals surface area contributed by atoms with E-state index in [0.717, 1.165) is 31.0 Å². The summed E-state index contributed by atoms with van der Waals surface area (Å²) in [6, 6.07) is 0. The number of piperidine rings is 1.